The molecule has 0 aliphatic carbocycles. The molecule has 0 heterocycles. The molecular formula is C15H22N2O3. The van der Waals surface area contributed by atoms with Crippen molar-refractivity contribution in [2.75, 3.05) is 7.05 Å². The molecule has 0 saturated heterocycles. The maximum Gasteiger partial charge on any atom is 0.321 e. The van der Waals surface area contributed by atoms with Crippen LogP contribution in [0.3, 0.4) is 0 Å². The summed E-state index contributed by atoms with van der Waals surface area (Å²) in [5.74, 6) is 0.572. The number of rotatable bonds is 4. The summed E-state index contributed by atoms with van der Waals surface area (Å²) in [5.41, 5.74) is 2.10. The van der Waals surface area contributed by atoms with Crippen molar-refractivity contribution in [3.63, 3.8) is 0 Å². The van der Waals surface area contributed by atoms with E-state index in [1.807, 2.05) is 25.1 Å². The Hall–Kier alpha value is -2.04. The third kappa shape index (κ3) is 4.26. The number of imide groups is 1. The Labute approximate surface area is 119 Å². The second-order valence-electron chi connectivity index (χ2n) is 5.01. The summed E-state index contributed by atoms with van der Waals surface area (Å²) in [6, 6.07) is 5.40. The number of urea groups is 1. The molecule has 0 aromatic heterocycles. The van der Waals surface area contributed by atoms with Crippen LogP contribution in [0.25, 0.3) is 0 Å². The fourth-order valence-corrected chi connectivity index (χ4v) is 1.62. The van der Waals surface area contributed by atoms with E-state index < -0.39 is 18.0 Å². The van der Waals surface area contributed by atoms with Gasteiger partial charge in [-0.25, -0.2) is 4.79 Å². The van der Waals surface area contributed by atoms with Crippen LogP contribution >= 0.6 is 0 Å². The van der Waals surface area contributed by atoms with Gasteiger partial charge in [-0.15, -0.1) is 0 Å². The monoisotopic (exact) mass is 278 g/mol. The number of hydrogen-bond donors (Lipinski definition) is 2. The summed E-state index contributed by atoms with van der Waals surface area (Å²) in [6.07, 6.45) is -0.742. The number of amides is 3. The quantitative estimate of drug-likeness (QED) is 0.888. The van der Waals surface area contributed by atoms with Gasteiger partial charge in [0, 0.05) is 7.05 Å². The second-order valence-corrected chi connectivity index (χ2v) is 5.01. The zero-order valence-corrected chi connectivity index (χ0v) is 12.6. The lowest BCUT2D eigenvalue weighted by molar-refractivity contribution is -0.126. The van der Waals surface area contributed by atoms with Gasteiger partial charge in [-0.3, -0.25) is 10.1 Å². The van der Waals surface area contributed by atoms with Gasteiger partial charge in [0.05, 0.1) is 0 Å². The Morgan fingerprint density at radius 2 is 1.85 bits per heavy atom. The summed E-state index contributed by atoms with van der Waals surface area (Å²) < 4.78 is 5.65. The fraction of sp³-hybridized carbons (Fsp3) is 0.467. The highest BCUT2D eigenvalue weighted by Gasteiger charge is 2.18. The van der Waals surface area contributed by atoms with Crippen molar-refractivity contribution in [1.82, 2.24) is 10.6 Å². The van der Waals surface area contributed by atoms with Gasteiger partial charge in [-0.2, -0.15) is 0 Å². The van der Waals surface area contributed by atoms with Crippen LogP contribution in [-0.4, -0.2) is 25.1 Å². The number of carbonyl (C=O) groups excluding carboxylic acids is 2. The normalized spacial score (nSPS) is 11.9. The Bertz CT molecular complexity index is 498. The molecule has 1 aromatic carbocycles. The first-order valence-corrected chi connectivity index (χ1v) is 6.65. The van der Waals surface area contributed by atoms with Crippen molar-refractivity contribution in [1.29, 1.82) is 0 Å². The van der Waals surface area contributed by atoms with Gasteiger partial charge in [-0.05, 0) is 37.0 Å². The highest BCUT2D eigenvalue weighted by Crippen LogP contribution is 2.25. The highest BCUT2D eigenvalue weighted by atomic mass is 16.5. The molecule has 0 fully saturated rings. The zero-order valence-electron chi connectivity index (χ0n) is 12.6. The van der Waals surface area contributed by atoms with Gasteiger partial charge < -0.3 is 10.1 Å². The first kappa shape index (κ1) is 16.0. The molecule has 5 heteroatoms. The van der Waals surface area contributed by atoms with Crippen LogP contribution < -0.4 is 15.4 Å². The minimum absolute atomic E-state index is 0.382. The molecule has 3 amide bonds. The average molecular weight is 278 g/mol. The standard InChI is InChI=1S/C15H22N2O3/c1-9(2)12-7-6-10(3)13(8-12)20-11(4)14(18)17-15(19)16-5/h6-9,11H,1-5H3,(H2,16,17,18,19). The lowest BCUT2D eigenvalue weighted by atomic mass is 10.0. The summed E-state index contributed by atoms with van der Waals surface area (Å²) in [7, 11) is 1.45. The third-order valence-corrected chi connectivity index (χ3v) is 3.02. The topological polar surface area (TPSA) is 67.4 Å². The van der Waals surface area contributed by atoms with E-state index in [2.05, 4.69) is 24.5 Å². The lowest BCUT2D eigenvalue weighted by Crippen LogP contribution is -2.44. The molecule has 0 aliphatic heterocycles. The molecule has 1 aromatic rings. The second kappa shape index (κ2) is 6.93. The van der Waals surface area contributed by atoms with Crippen LogP contribution in [0.15, 0.2) is 18.2 Å². The molecular weight excluding hydrogens is 256 g/mol. The number of hydrogen-bond acceptors (Lipinski definition) is 3. The van der Waals surface area contributed by atoms with Gasteiger partial charge >= 0.3 is 6.03 Å². The van der Waals surface area contributed by atoms with Crippen LogP contribution in [0.4, 0.5) is 4.79 Å². The van der Waals surface area contributed by atoms with E-state index in [9.17, 15) is 9.59 Å². The highest BCUT2D eigenvalue weighted by molar-refractivity contribution is 5.96. The van der Waals surface area contributed by atoms with E-state index >= 15 is 0 Å². The molecule has 20 heavy (non-hydrogen) atoms. The molecule has 0 bridgehead atoms. The third-order valence-electron chi connectivity index (χ3n) is 3.02. The molecule has 1 atom stereocenters. The molecule has 110 valence electrons. The van der Waals surface area contributed by atoms with Crippen molar-refractivity contribution >= 4 is 11.9 Å². The van der Waals surface area contributed by atoms with Crippen LogP contribution in [0.2, 0.25) is 0 Å². The Morgan fingerprint density at radius 1 is 1.20 bits per heavy atom. The Kier molecular flexibility index (Phi) is 5.55. The Morgan fingerprint density at radius 3 is 2.40 bits per heavy atom. The van der Waals surface area contributed by atoms with Crippen LogP contribution in [0, 0.1) is 6.92 Å². The van der Waals surface area contributed by atoms with Crippen LogP contribution in [-0.2, 0) is 4.79 Å². The number of carbonyl (C=O) groups is 2. The van der Waals surface area contributed by atoms with E-state index in [1.165, 1.54) is 7.05 Å². The SMILES string of the molecule is CNC(=O)NC(=O)C(C)Oc1cc(C(C)C)ccc1C. The van der Waals surface area contributed by atoms with Gasteiger partial charge in [0.25, 0.3) is 5.91 Å². The van der Waals surface area contributed by atoms with E-state index in [-0.39, 0.29) is 0 Å². The van der Waals surface area contributed by atoms with Gasteiger partial charge in [-0.1, -0.05) is 26.0 Å². The van der Waals surface area contributed by atoms with E-state index in [1.54, 1.807) is 6.92 Å². The average Bonchev–Trinajstić information content (AvgIpc) is 2.40. The van der Waals surface area contributed by atoms with Gasteiger partial charge in [0.1, 0.15) is 5.75 Å². The number of benzene rings is 1. The maximum absolute atomic E-state index is 11.7. The zero-order chi connectivity index (χ0) is 15.3. The van der Waals surface area contributed by atoms with Crippen molar-refractivity contribution in [2.45, 2.75) is 39.7 Å². The maximum atomic E-state index is 11.7. The largest absolute Gasteiger partial charge is 0.481 e. The molecule has 0 radical (unpaired) electrons. The first-order valence-electron chi connectivity index (χ1n) is 6.65. The fourth-order valence-electron chi connectivity index (χ4n) is 1.62. The predicted molar refractivity (Wildman–Crippen MR) is 78.0 cm³/mol. The number of aryl methyl sites for hydroxylation is 1. The van der Waals surface area contributed by atoms with Crippen molar-refractivity contribution in [3.8, 4) is 5.75 Å². The summed E-state index contributed by atoms with van der Waals surface area (Å²) >= 11 is 0. The van der Waals surface area contributed by atoms with Gasteiger partial charge in [0.15, 0.2) is 6.10 Å². The molecule has 0 saturated carbocycles. The predicted octanol–water partition coefficient (Wildman–Crippen LogP) is 2.34. The molecule has 2 N–H and O–H groups in total. The van der Waals surface area contributed by atoms with E-state index in [4.69, 9.17) is 4.74 Å². The summed E-state index contributed by atoms with van der Waals surface area (Å²) in [4.78, 5) is 22.8. The smallest absolute Gasteiger partial charge is 0.321 e. The summed E-state index contributed by atoms with van der Waals surface area (Å²) in [5, 5.41) is 4.52. The van der Waals surface area contributed by atoms with E-state index in [0.717, 1.165) is 11.1 Å². The van der Waals surface area contributed by atoms with Crippen molar-refractivity contribution in [2.24, 2.45) is 0 Å². The minimum atomic E-state index is -0.742. The molecule has 0 aliphatic rings. The minimum Gasteiger partial charge on any atom is -0.481 e. The first-order chi connectivity index (χ1) is 9.35. The molecule has 5 nitrogen and oxygen atoms in total. The molecule has 1 unspecified atom stereocenters. The van der Waals surface area contributed by atoms with Crippen molar-refractivity contribution < 1.29 is 14.3 Å². The van der Waals surface area contributed by atoms with E-state index in [0.29, 0.717) is 11.7 Å². The van der Waals surface area contributed by atoms with Crippen LogP contribution in [0.1, 0.15) is 37.8 Å². The molecule has 0 spiro atoms. The van der Waals surface area contributed by atoms with Gasteiger partial charge in [0.2, 0.25) is 0 Å². The molecule has 1 rings (SSSR count). The lowest BCUT2D eigenvalue weighted by Gasteiger charge is -2.17. The number of nitrogens with one attached hydrogen (secondary N) is 2. The van der Waals surface area contributed by atoms with Crippen molar-refractivity contribution in [3.05, 3.63) is 29.3 Å². The number of ether oxygens (including phenoxy) is 1. The summed E-state index contributed by atoms with van der Waals surface area (Å²) in [6.45, 7) is 7.72. The Balaban J connectivity index is 2.79. The van der Waals surface area contributed by atoms with Crippen LogP contribution in [0.5, 0.6) is 5.75 Å².